The van der Waals surface area contributed by atoms with Gasteiger partial charge in [-0.25, -0.2) is 0 Å². The van der Waals surface area contributed by atoms with Gasteiger partial charge in [-0.1, -0.05) is 57.0 Å². The Bertz CT molecular complexity index is 749. The summed E-state index contributed by atoms with van der Waals surface area (Å²) in [5, 5.41) is 10.4. The van der Waals surface area contributed by atoms with Crippen molar-refractivity contribution in [2.75, 3.05) is 0 Å². The first-order chi connectivity index (χ1) is 12.1. The molecular weight excluding hydrogens is 310 g/mol. The van der Waals surface area contributed by atoms with Crippen LogP contribution in [0.4, 0.5) is 0 Å². The lowest BCUT2D eigenvalue weighted by molar-refractivity contribution is 0.135. The quantitative estimate of drug-likeness (QED) is 0.778. The van der Waals surface area contributed by atoms with Gasteiger partial charge in [-0.3, -0.25) is 4.79 Å². The molecule has 2 N–H and O–H groups in total. The first kappa shape index (κ1) is 17.8. The molecule has 0 saturated heterocycles. The maximum Gasteiger partial charge on any atom is 0.259 e. The third-order valence-electron chi connectivity index (χ3n) is 6.31. The molecule has 3 nitrogen and oxygen atoms in total. The van der Waals surface area contributed by atoms with E-state index in [4.69, 9.17) is 0 Å². The van der Waals surface area contributed by atoms with E-state index in [9.17, 15) is 9.90 Å². The van der Waals surface area contributed by atoms with E-state index in [0.717, 1.165) is 17.7 Å². The third-order valence-corrected chi connectivity index (χ3v) is 6.31. The molecular formula is C22H29NO2. The van der Waals surface area contributed by atoms with Gasteiger partial charge in [0.25, 0.3) is 5.56 Å². The monoisotopic (exact) mass is 339 g/mol. The number of H-pyrrole nitrogens is 1. The normalized spacial score (nSPS) is 17.5. The highest BCUT2D eigenvalue weighted by Crippen LogP contribution is 2.44. The van der Waals surface area contributed by atoms with Crippen molar-refractivity contribution in [1.29, 1.82) is 0 Å². The maximum absolute atomic E-state index is 12.5. The molecule has 0 bridgehead atoms. The molecule has 1 saturated carbocycles. The summed E-state index contributed by atoms with van der Waals surface area (Å²) in [5.41, 5.74) is 2.30. The largest absolute Gasteiger partial charge is 0.507 e. The molecule has 134 valence electrons. The highest BCUT2D eigenvalue weighted by Gasteiger charge is 2.32. The number of benzene rings is 1. The summed E-state index contributed by atoms with van der Waals surface area (Å²) in [6.45, 7) is 4.61. The van der Waals surface area contributed by atoms with Gasteiger partial charge in [0.15, 0.2) is 0 Å². The van der Waals surface area contributed by atoms with Crippen molar-refractivity contribution >= 4 is 0 Å². The van der Waals surface area contributed by atoms with Gasteiger partial charge in [-0.15, -0.1) is 0 Å². The lowest BCUT2D eigenvalue weighted by atomic mass is 9.67. The standard InChI is InChI=1S/C22H29NO2/c1-3-22(4-2)12-10-16(11-13-22)14-18-15-19(24)20(21(25)23-18)17-8-6-5-7-9-17/h5-9,15-16H,3-4,10-14H2,1-2H3,(H2,23,24,25). The van der Waals surface area contributed by atoms with E-state index >= 15 is 0 Å². The Morgan fingerprint density at radius 2 is 1.76 bits per heavy atom. The number of nitrogens with one attached hydrogen (secondary N) is 1. The maximum atomic E-state index is 12.5. The first-order valence-electron chi connectivity index (χ1n) is 9.57. The average molecular weight is 339 g/mol. The second-order valence-electron chi connectivity index (χ2n) is 7.60. The summed E-state index contributed by atoms with van der Waals surface area (Å²) >= 11 is 0. The minimum Gasteiger partial charge on any atom is -0.507 e. The number of aromatic nitrogens is 1. The fraction of sp³-hybridized carbons (Fsp3) is 0.500. The van der Waals surface area contributed by atoms with Crippen LogP contribution in [0.15, 0.2) is 41.2 Å². The second-order valence-corrected chi connectivity index (χ2v) is 7.60. The minimum absolute atomic E-state index is 0.0808. The summed E-state index contributed by atoms with van der Waals surface area (Å²) in [4.78, 5) is 15.5. The van der Waals surface area contributed by atoms with Crippen LogP contribution in [0.1, 0.15) is 58.1 Å². The highest BCUT2D eigenvalue weighted by atomic mass is 16.3. The zero-order chi connectivity index (χ0) is 17.9. The van der Waals surface area contributed by atoms with Crippen LogP contribution in [0.2, 0.25) is 0 Å². The molecule has 1 aliphatic rings. The molecule has 3 rings (SSSR count). The lowest BCUT2D eigenvalue weighted by Gasteiger charge is -2.39. The van der Waals surface area contributed by atoms with Crippen LogP contribution < -0.4 is 5.56 Å². The highest BCUT2D eigenvalue weighted by molar-refractivity contribution is 5.68. The molecule has 0 aliphatic heterocycles. The summed E-state index contributed by atoms with van der Waals surface area (Å²) in [5.74, 6) is 0.682. The van der Waals surface area contributed by atoms with Crippen molar-refractivity contribution in [2.45, 2.75) is 58.8 Å². The first-order valence-corrected chi connectivity index (χ1v) is 9.57. The Balaban J connectivity index is 1.74. The minimum atomic E-state index is -0.200. The van der Waals surface area contributed by atoms with Crippen LogP contribution in [-0.2, 0) is 6.42 Å². The summed E-state index contributed by atoms with van der Waals surface area (Å²) in [6.07, 6.45) is 8.36. The van der Waals surface area contributed by atoms with E-state index in [1.54, 1.807) is 6.07 Å². The van der Waals surface area contributed by atoms with Crippen LogP contribution in [0.25, 0.3) is 11.1 Å². The molecule has 1 aliphatic carbocycles. The zero-order valence-corrected chi connectivity index (χ0v) is 15.3. The van der Waals surface area contributed by atoms with Crippen LogP contribution in [0.5, 0.6) is 5.75 Å². The number of aromatic amines is 1. The van der Waals surface area contributed by atoms with Crippen LogP contribution in [0, 0.1) is 11.3 Å². The van der Waals surface area contributed by atoms with Crippen molar-refractivity contribution < 1.29 is 5.11 Å². The Kier molecular flexibility index (Phi) is 5.31. The number of hydrogen-bond acceptors (Lipinski definition) is 2. The van der Waals surface area contributed by atoms with E-state index in [0.29, 0.717) is 16.9 Å². The SMILES string of the molecule is CCC1(CC)CCC(Cc2cc(O)c(-c3ccccc3)c(=O)[nH]2)CC1. The van der Waals surface area contributed by atoms with Gasteiger partial charge >= 0.3 is 0 Å². The molecule has 0 spiro atoms. The molecule has 1 fully saturated rings. The van der Waals surface area contributed by atoms with Gasteiger partial charge in [0.05, 0.1) is 5.56 Å². The molecule has 3 heteroatoms. The number of aromatic hydroxyl groups is 1. The number of rotatable bonds is 5. The van der Waals surface area contributed by atoms with Gasteiger partial charge in [0, 0.05) is 11.8 Å². The van der Waals surface area contributed by atoms with Gasteiger partial charge in [0.2, 0.25) is 0 Å². The van der Waals surface area contributed by atoms with Crippen molar-refractivity contribution in [2.24, 2.45) is 11.3 Å². The zero-order valence-electron chi connectivity index (χ0n) is 15.3. The topological polar surface area (TPSA) is 53.1 Å². The Hall–Kier alpha value is -2.03. The second kappa shape index (κ2) is 7.47. The molecule has 0 radical (unpaired) electrons. The molecule has 25 heavy (non-hydrogen) atoms. The van der Waals surface area contributed by atoms with Gasteiger partial charge < -0.3 is 10.1 Å². The van der Waals surface area contributed by atoms with E-state index in [1.807, 2.05) is 30.3 Å². The molecule has 1 aromatic carbocycles. The molecule has 1 heterocycles. The molecule has 1 aromatic heterocycles. The van der Waals surface area contributed by atoms with E-state index in [2.05, 4.69) is 18.8 Å². The van der Waals surface area contributed by atoms with Crippen molar-refractivity contribution in [3.63, 3.8) is 0 Å². The molecule has 0 unspecified atom stereocenters. The van der Waals surface area contributed by atoms with Crippen molar-refractivity contribution in [3.05, 3.63) is 52.4 Å². The summed E-state index contributed by atoms with van der Waals surface area (Å²) < 4.78 is 0. The van der Waals surface area contributed by atoms with Crippen molar-refractivity contribution in [1.82, 2.24) is 4.98 Å². The average Bonchev–Trinajstić information content (AvgIpc) is 2.63. The van der Waals surface area contributed by atoms with E-state index in [1.165, 1.54) is 38.5 Å². The molecule has 2 aromatic rings. The van der Waals surface area contributed by atoms with Crippen LogP contribution in [-0.4, -0.2) is 10.1 Å². The van der Waals surface area contributed by atoms with E-state index < -0.39 is 0 Å². The summed E-state index contributed by atoms with van der Waals surface area (Å²) in [6, 6.07) is 11.1. The molecule has 0 atom stereocenters. The number of pyridine rings is 1. The van der Waals surface area contributed by atoms with Gasteiger partial charge in [-0.05, 0) is 49.0 Å². The Morgan fingerprint density at radius 3 is 2.32 bits per heavy atom. The number of hydrogen-bond donors (Lipinski definition) is 2. The third kappa shape index (κ3) is 3.81. The summed E-state index contributed by atoms with van der Waals surface area (Å²) in [7, 11) is 0. The Morgan fingerprint density at radius 1 is 1.12 bits per heavy atom. The Labute approximate surface area is 150 Å². The smallest absolute Gasteiger partial charge is 0.259 e. The van der Waals surface area contributed by atoms with Gasteiger partial charge in [-0.2, -0.15) is 0 Å². The predicted molar refractivity (Wildman–Crippen MR) is 103 cm³/mol. The lowest BCUT2D eigenvalue weighted by Crippen LogP contribution is -2.27. The fourth-order valence-corrected chi connectivity index (χ4v) is 4.35. The van der Waals surface area contributed by atoms with Crippen LogP contribution in [0.3, 0.4) is 0 Å². The molecule has 0 amide bonds. The van der Waals surface area contributed by atoms with Crippen molar-refractivity contribution in [3.8, 4) is 16.9 Å². The van der Waals surface area contributed by atoms with E-state index in [-0.39, 0.29) is 11.3 Å². The van der Waals surface area contributed by atoms with Crippen LogP contribution >= 0.6 is 0 Å². The predicted octanol–water partition coefficient (Wildman–Crippen LogP) is 5.29. The fourth-order valence-electron chi connectivity index (χ4n) is 4.35. The van der Waals surface area contributed by atoms with Gasteiger partial charge in [0.1, 0.15) is 5.75 Å².